The molecule has 1 heterocycles. The zero-order chi connectivity index (χ0) is 19.4. The average molecular weight is 447 g/mol. The van der Waals surface area contributed by atoms with Crippen LogP contribution in [0.3, 0.4) is 0 Å². The van der Waals surface area contributed by atoms with E-state index in [1.165, 1.54) is 12.1 Å². The molecule has 3 rings (SSSR count). The van der Waals surface area contributed by atoms with E-state index < -0.39 is 18.0 Å². The summed E-state index contributed by atoms with van der Waals surface area (Å²) >= 11 is 0. The number of benzene rings is 2. The summed E-state index contributed by atoms with van der Waals surface area (Å²) in [6.45, 7) is 2.53. The summed E-state index contributed by atoms with van der Waals surface area (Å²) in [6.07, 6.45) is -3.10. The molecule has 1 fully saturated rings. The molecule has 1 amide bonds. The van der Waals surface area contributed by atoms with Gasteiger partial charge in [-0.1, -0.05) is 36.4 Å². The van der Waals surface area contributed by atoms with Gasteiger partial charge in [-0.25, -0.2) is 0 Å². The van der Waals surface area contributed by atoms with E-state index >= 15 is 0 Å². The fourth-order valence-corrected chi connectivity index (χ4v) is 3.34. The molecule has 0 radical (unpaired) electrons. The van der Waals surface area contributed by atoms with E-state index in [1.807, 2.05) is 30.3 Å². The van der Waals surface area contributed by atoms with E-state index in [0.29, 0.717) is 5.56 Å². The molecule has 1 saturated heterocycles. The van der Waals surface area contributed by atoms with E-state index in [0.717, 1.165) is 31.0 Å². The van der Waals surface area contributed by atoms with Crippen LogP contribution in [0.15, 0.2) is 48.5 Å². The quantitative estimate of drug-likeness (QED) is 0.735. The van der Waals surface area contributed by atoms with Crippen molar-refractivity contribution in [2.75, 3.05) is 6.54 Å². The summed E-state index contributed by atoms with van der Waals surface area (Å²) in [7, 11) is 0. The van der Waals surface area contributed by atoms with Gasteiger partial charge in [0.25, 0.3) is 5.91 Å². The zero-order valence-electron chi connectivity index (χ0n) is 15.8. The molecule has 0 aromatic heterocycles. The molecule has 0 bridgehead atoms. The van der Waals surface area contributed by atoms with Gasteiger partial charge in [0.1, 0.15) is 5.75 Å². The Morgan fingerprint density at radius 3 is 2.48 bits per heavy atom. The number of alkyl halides is 3. The lowest BCUT2D eigenvalue weighted by atomic mass is 9.92. The van der Waals surface area contributed by atoms with Crippen molar-refractivity contribution >= 4 is 32.9 Å². The molecule has 0 spiro atoms. The largest absolute Gasteiger partial charge is 0.573 e. The first-order valence-corrected chi connectivity index (χ1v) is 8.79. The highest BCUT2D eigenvalue weighted by atomic mass is 32.1. The Hall–Kier alpha value is -1.84. The molecule has 1 aliphatic rings. The number of nitrogens with one attached hydrogen (secondary N) is 2. The van der Waals surface area contributed by atoms with E-state index in [1.54, 1.807) is 6.92 Å². The number of carbonyl (C=O) groups excluding carboxylic acids is 1. The Morgan fingerprint density at radius 1 is 1.14 bits per heavy atom. The van der Waals surface area contributed by atoms with Crippen molar-refractivity contribution in [1.82, 2.24) is 10.6 Å². The number of piperidine rings is 1. The van der Waals surface area contributed by atoms with E-state index in [2.05, 4.69) is 15.4 Å². The molecular weight excluding hydrogens is 421 g/mol. The standard InChI is InChI=1S/C20H21F3N2O2.2H2S/c1-13-9-10-15(27-20(21,22)23)12-16(13)19(26)25-17-8-5-11-24-18(17)14-6-3-2-4-7-14;;/h2-4,6-7,9-10,12,17-18,24H,5,8,11H2,1H3,(H,25,26);2*1H2/t17-,18-;;/m0../s1. The molecule has 2 atom stereocenters. The normalized spacial score (nSPS) is 18.8. The maximum absolute atomic E-state index is 12.8. The van der Waals surface area contributed by atoms with Crippen molar-refractivity contribution < 1.29 is 22.7 Å². The van der Waals surface area contributed by atoms with Crippen LogP contribution in [-0.4, -0.2) is 24.9 Å². The van der Waals surface area contributed by atoms with Crippen molar-refractivity contribution in [2.45, 2.75) is 38.2 Å². The minimum atomic E-state index is -4.80. The fourth-order valence-electron chi connectivity index (χ4n) is 3.34. The van der Waals surface area contributed by atoms with Gasteiger partial charge in [-0.15, -0.1) is 13.2 Å². The van der Waals surface area contributed by atoms with E-state index in [4.69, 9.17) is 0 Å². The highest BCUT2D eigenvalue weighted by Crippen LogP contribution is 2.27. The average Bonchev–Trinajstić information content (AvgIpc) is 2.63. The Kier molecular flexibility index (Phi) is 9.38. The summed E-state index contributed by atoms with van der Waals surface area (Å²) in [5.41, 5.74) is 1.82. The van der Waals surface area contributed by atoms with Crippen molar-refractivity contribution in [1.29, 1.82) is 0 Å². The Morgan fingerprint density at radius 2 is 1.83 bits per heavy atom. The second kappa shape index (κ2) is 10.8. The van der Waals surface area contributed by atoms with Crippen LogP contribution in [0.1, 0.15) is 40.4 Å². The second-order valence-electron chi connectivity index (χ2n) is 6.59. The summed E-state index contributed by atoms with van der Waals surface area (Å²) in [4.78, 5) is 12.8. The number of ether oxygens (including phenoxy) is 1. The lowest BCUT2D eigenvalue weighted by Crippen LogP contribution is -2.48. The zero-order valence-corrected chi connectivity index (χ0v) is 17.8. The lowest BCUT2D eigenvalue weighted by Gasteiger charge is -2.33. The van der Waals surface area contributed by atoms with Gasteiger partial charge < -0.3 is 15.4 Å². The molecule has 2 aromatic rings. The van der Waals surface area contributed by atoms with Crippen LogP contribution in [0, 0.1) is 6.92 Å². The maximum Gasteiger partial charge on any atom is 0.573 e. The molecule has 9 heteroatoms. The van der Waals surface area contributed by atoms with Crippen molar-refractivity contribution in [2.24, 2.45) is 0 Å². The van der Waals surface area contributed by atoms with Gasteiger partial charge in [0, 0.05) is 11.6 Å². The number of halogens is 3. The predicted molar refractivity (Wildman–Crippen MR) is 116 cm³/mol. The van der Waals surface area contributed by atoms with E-state index in [9.17, 15) is 18.0 Å². The van der Waals surface area contributed by atoms with Crippen LogP contribution in [0.25, 0.3) is 0 Å². The first-order chi connectivity index (χ1) is 12.8. The van der Waals surface area contributed by atoms with Gasteiger partial charge in [0.05, 0.1) is 6.04 Å². The Labute approximate surface area is 182 Å². The van der Waals surface area contributed by atoms with Crippen LogP contribution >= 0.6 is 27.0 Å². The first kappa shape index (κ1) is 25.2. The monoisotopic (exact) mass is 446 g/mol. The van der Waals surface area contributed by atoms with Crippen molar-refractivity contribution in [3.8, 4) is 5.75 Å². The number of amides is 1. The number of carbonyl (C=O) groups is 1. The Balaban J connectivity index is 0.00000210. The van der Waals surface area contributed by atoms with Gasteiger partial charge in [-0.3, -0.25) is 4.79 Å². The summed E-state index contributed by atoms with van der Waals surface area (Å²) in [5.74, 6) is -0.811. The van der Waals surface area contributed by atoms with Gasteiger partial charge in [-0.2, -0.15) is 27.0 Å². The third kappa shape index (κ3) is 6.87. The molecule has 0 saturated carbocycles. The van der Waals surface area contributed by atoms with E-state index in [-0.39, 0.29) is 44.6 Å². The van der Waals surface area contributed by atoms with Crippen LogP contribution in [-0.2, 0) is 0 Å². The van der Waals surface area contributed by atoms with Crippen molar-refractivity contribution in [3.05, 3.63) is 65.2 Å². The predicted octanol–water partition coefficient (Wildman–Crippen LogP) is 4.34. The van der Waals surface area contributed by atoms with Crippen LogP contribution in [0.5, 0.6) is 5.75 Å². The fraction of sp³-hybridized carbons (Fsp3) is 0.350. The first-order valence-electron chi connectivity index (χ1n) is 8.79. The van der Waals surface area contributed by atoms with Gasteiger partial charge in [-0.05, 0) is 49.6 Å². The number of hydrogen-bond donors (Lipinski definition) is 2. The summed E-state index contributed by atoms with van der Waals surface area (Å²) < 4.78 is 41.3. The minimum absolute atomic E-state index is 0. The summed E-state index contributed by atoms with van der Waals surface area (Å²) in [6, 6.07) is 13.4. The molecule has 0 aliphatic carbocycles. The maximum atomic E-state index is 12.8. The number of rotatable bonds is 4. The molecule has 2 aromatic carbocycles. The molecule has 2 N–H and O–H groups in total. The second-order valence-corrected chi connectivity index (χ2v) is 6.59. The number of hydrogen-bond acceptors (Lipinski definition) is 3. The third-order valence-electron chi connectivity index (χ3n) is 4.62. The molecule has 4 nitrogen and oxygen atoms in total. The van der Waals surface area contributed by atoms with Crippen molar-refractivity contribution in [3.63, 3.8) is 0 Å². The molecular formula is C20H25F3N2O2S2. The Bertz CT molecular complexity index is 804. The SMILES string of the molecule is Cc1ccc(OC(F)(F)F)cc1C(=O)N[C@H]1CCCN[C@H]1c1ccccc1.S.S. The lowest BCUT2D eigenvalue weighted by molar-refractivity contribution is -0.274. The highest BCUT2D eigenvalue weighted by molar-refractivity contribution is 7.59. The molecule has 1 aliphatic heterocycles. The minimum Gasteiger partial charge on any atom is -0.406 e. The van der Waals surface area contributed by atoms with Crippen LogP contribution in [0.4, 0.5) is 13.2 Å². The molecule has 160 valence electrons. The van der Waals surface area contributed by atoms with Gasteiger partial charge in [0.2, 0.25) is 0 Å². The molecule has 29 heavy (non-hydrogen) atoms. The number of aryl methyl sites for hydroxylation is 1. The topological polar surface area (TPSA) is 50.4 Å². The van der Waals surface area contributed by atoms with Gasteiger partial charge in [0.15, 0.2) is 0 Å². The van der Waals surface area contributed by atoms with Gasteiger partial charge >= 0.3 is 6.36 Å². The summed E-state index contributed by atoms with van der Waals surface area (Å²) in [5, 5.41) is 6.39. The smallest absolute Gasteiger partial charge is 0.406 e. The van der Waals surface area contributed by atoms with Crippen LogP contribution < -0.4 is 15.4 Å². The molecule has 0 unspecified atom stereocenters. The highest BCUT2D eigenvalue weighted by Gasteiger charge is 2.32. The third-order valence-corrected chi connectivity index (χ3v) is 4.62. The van der Waals surface area contributed by atoms with Crippen LogP contribution in [0.2, 0.25) is 0 Å².